The Labute approximate surface area is 270 Å². The van der Waals surface area contributed by atoms with Gasteiger partial charge in [0.2, 0.25) is 0 Å². The fourth-order valence-electron chi connectivity index (χ4n) is 6.14. The van der Waals surface area contributed by atoms with Crippen LogP contribution in [0.4, 0.5) is 0 Å². The van der Waals surface area contributed by atoms with Crippen molar-refractivity contribution in [2.75, 3.05) is 0 Å². The zero-order valence-corrected chi connectivity index (χ0v) is 26.6. The Balaban J connectivity index is 1.35. The van der Waals surface area contributed by atoms with Crippen molar-refractivity contribution < 1.29 is 5.11 Å². The molecule has 0 fully saturated rings. The molecule has 46 heavy (non-hydrogen) atoms. The number of hydrogen-bond acceptors (Lipinski definition) is 3. The summed E-state index contributed by atoms with van der Waals surface area (Å²) >= 11 is 0. The van der Waals surface area contributed by atoms with Crippen molar-refractivity contribution in [1.82, 2.24) is 14.5 Å². The summed E-state index contributed by atoms with van der Waals surface area (Å²) in [6, 6.07) is 43.7. The summed E-state index contributed by atoms with van der Waals surface area (Å²) < 4.78 is 2.12. The van der Waals surface area contributed by atoms with Gasteiger partial charge in [-0.1, -0.05) is 107 Å². The molecule has 0 aliphatic carbocycles. The molecule has 7 rings (SSSR count). The highest BCUT2D eigenvalue weighted by Crippen LogP contribution is 2.38. The molecular formula is C42H37N3O. The number of pyridine rings is 1. The van der Waals surface area contributed by atoms with Crippen LogP contribution in [0.2, 0.25) is 0 Å². The van der Waals surface area contributed by atoms with E-state index in [0.29, 0.717) is 23.2 Å². The minimum Gasteiger partial charge on any atom is -0.507 e. The van der Waals surface area contributed by atoms with Crippen LogP contribution in [0.15, 0.2) is 134 Å². The van der Waals surface area contributed by atoms with Gasteiger partial charge in [0.1, 0.15) is 11.6 Å². The van der Waals surface area contributed by atoms with Crippen LogP contribution in [0.3, 0.4) is 0 Å². The molecule has 0 atom stereocenters. The van der Waals surface area contributed by atoms with Crippen molar-refractivity contribution in [1.29, 1.82) is 0 Å². The molecule has 5 aromatic carbocycles. The Morgan fingerprint density at radius 2 is 1.24 bits per heavy atom. The number of phenols is 1. The van der Waals surface area contributed by atoms with Gasteiger partial charge in [0.15, 0.2) is 0 Å². The van der Waals surface area contributed by atoms with Gasteiger partial charge in [-0.25, -0.2) is 4.98 Å². The van der Waals surface area contributed by atoms with Gasteiger partial charge >= 0.3 is 0 Å². The molecule has 0 unspecified atom stereocenters. The summed E-state index contributed by atoms with van der Waals surface area (Å²) in [7, 11) is 0. The van der Waals surface area contributed by atoms with E-state index in [-0.39, 0.29) is 5.75 Å². The molecule has 0 saturated carbocycles. The van der Waals surface area contributed by atoms with E-state index in [4.69, 9.17) is 9.97 Å². The van der Waals surface area contributed by atoms with Crippen molar-refractivity contribution in [3.63, 3.8) is 0 Å². The molecule has 4 nitrogen and oxygen atoms in total. The molecule has 226 valence electrons. The lowest BCUT2D eigenvalue weighted by Gasteiger charge is -2.15. The molecule has 0 aliphatic rings. The smallest absolute Gasteiger partial charge is 0.149 e. The Morgan fingerprint density at radius 1 is 0.565 bits per heavy atom. The number of aromatic hydroxyl groups is 1. The summed E-state index contributed by atoms with van der Waals surface area (Å²) in [5.74, 6) is 1.80. The number of para-hydroxylation sites is 3. The molecule has 0 radical (unpaired) electrons. The number of nitrogens with zero attached hydrogens (tertiary/aromatic N) is 3. The summed E-state index contributed by atoms with van der Waals surface area (Å²) in [6.45, 7) is 9.01. The Bertz CT molecular complexity index is 2150. The predicted octanol–water partition coefficient (Wildman–Crippen LogP) is 11.0. The molecule has 0 amide bonds. The third-order valence-electron chi connectivity index (χ3n) is 8.72. The van der Waals surface area contributed by atoms with E-state index in [9.17, 15) is 5.11 Å². The molecule has 0 spiro atoms. The van der Waals surface area contributed by atoms with E-state index in [0.717, 1.165) is 44.7 Å². The first-order chi connectivity index (χ1) is 22.4. The van der Waals surface area contributed by atoms with Crippen LogP contribution in [0.5, 0.6) is 5.75 Å². The zero-order chi connectivity index (χ0) is 31.8. The van der Waals surface area contributed by atoms with E-state index in [1.54, 1.807) is 6.07 Å². The van der Waals surface area contributed by atoms with Crippen LogP contribution < -0.4 is 0 Å². The lowest BCUT2D eigenvalue weighted by molar-refractivity contribution is 0.477. The van der Waals surface area contributed by atoms with Crippen LogP contribution in [0.25, 0.3) is 61.6 Å². The van der Waals surface area contributed by atoms with Gasteiger partial charge in [-0.2, -0.15) is 0 Å². The van der Waals surface area contributed by atoms with Crippen LogP contribution in [0, 0.1) is 0 Å². The lowest BCUT2D eigenvalue weighted by atomic mass is 9.90. The SMILES string of the molecule is CC(C)c1cc(-c2ccnc(-c3cccc(-c4cccc5c4nc(-c4ccccc4O)n5-c4ccccc4)c3)c2)cc(C(C)C)c1. The van der Waals surface area contributed by atoms with E-state index in [1.807, 2.05) is 42.6 Å². The van der Waals surface area contributed by atoms with Gasteiger partial charge in [0.25, 0.3) is 0 Å². The van der Waals surface area contributed by atoms with E-state index < -0.39 is 0 Å². The number of aromatic nitrogens is 3. The highest BCUT2D eigenvalue weighted by Gasteiger charge is 2.19. The predicted molar refractivity (Wildman–Crippen MR) is 190 cm³/mol. The first kappa shape index (κ1) is 29.2. The minimum atomic E-state index is 0.198. The second-order valence-electron chi connectivity index (χ2n) is 12.5. The van der Waals surface area contributed by atoms with Gasteiger partial charge in [0, 0.05) is 23.0 Å². The highest BCUT2D eigenvalue weighted by molar-refractivity contribution is 5.96. The van der Waals surface area contributed by atoms with Crippen molar-refractivity contribution in [3.05, 3.63) is 145 Å². The van der Waals surface area contributed by atoms with Crippen molar-refractivity contribution in [3.8, 4) is 56.3 Å². The summed E-state index contributed by atoms with van der Waals surface area (Å²) in [5.41, 5.74) is 12.7. The van der Waals surface area contributed by atoms with Crippen LogP contribution in [0.1, 0.15) is 50.7 Å². The van der Waals surface area contributed by atoms with E-state index >= 15 is 0 Å². The number of hydrogen-bond donors (Lipinski definition) is 1. The molecule has 2 aromatic heterocycles. The lowest BCUT2D eigenvalue weighted by Crippen LogP contribution is -1.97. The number of imidazole rings is 1. The van der Waals surface area contributed by atoms with Gasteiger partial charge in [0.05, 0.1) is 22.3 Å². The maximum Gasteiger partial charge on any atom is 0.149 e. The zero-order valence-electron chi connectivity index (χ0n) is 26.6. The van der Waals surface area contributed by atoms with Crippen molar-refractivity contribution in [2.45, 2.75) is 39.5 Å². The van der Waals surface area contributed by atoms with Gasteiger partial charge in [-0.3, -0.25) is 9.55 Å². The fraction of sp³-hybridized carbons (Fsp3) is 0.143. The number of rotatable bonds is 7. The first-order valence-corrected chi connectivity index (χ1v) is 15.9. The van der Waals surface area contributed by atoms with E-state index in [1.165, 1.54) is 16.7 Å². The Hall–Kier alpha value is -5.48. The van der Waals surface area contributed by atoms with Crippen molar-refractivity contribution >= 4 is 11.0 Å². The molecule has 2 heterocycles. The van der Waals surface area contributed by atoms with Gasteiger partial charge < -0.3 is 5.11 Å². The van der Waals surface area contributed by atoms with Crippen LogP contribution in [-0.2, 0) is 0 Å². The maximum atomic E-state index is 10.8. The minimum absolute atomic E-state index is 0.198. The summed E-state index contributed by atoms with van der Waals surface area (Å²) in [5, 5.41) is 10.8. The van der Waals surface area contributed by atoms with E-state index in [2.05, 4.69) is 117 Å². The highest BCUT2D eigenvalue weighted by atomic mass is 16.3. The molecule has 0 saturated heterocycles. The topological polar surface area (TPSA) is 50.9 Å². The van der Waals surface area contributed by atoms with Crippen LogP contribution in [-0.4, -0.2) is 19.6 Å². The molecule has 4 heteroatoms. The maximum absolute atomic E-state index is 10.8. The van der Waals surface area contributed by atoms with Gasteiger partial charge in [-0.15, -0.1) is 0 Å². The second kappa shape index (κ2) is 12.1. The summed E-state index contributed by atoms with van der Waals surface area (Å²) in [4.78, 5) is 9.99. The number of phenolic OH excluding ortho intramolecular Hbond substituents is 1. The number of benzene rings is 5. The molecule has 1 N–H and O–H groups in total. The normalized spacial score (nSPS) is 11.5. The average Bonchev–Trinajstić information content (AvgIpc) is 3.48. The fourth-order valence-corrected chi connectivity index (χ4v) is 6.14. The molecule has 0 aliphatic heterocycles. The van der Waals surface area contributed by atoms with Crippen molar-refractivity contribution in [2.24, 2.45) is 0 Å². The average molecular weight is 600 g/mol. The van der Waals surface area contributed by atoms with Crippen LogP contribution >= 0.6 is 0 Å². The Morgan fingerprint density at radius 3 is 1.98 bits per heavy atom. The Kier molecular flexibility index (Phi) is 7.71. The molecule has 0 bridgehead atoms. The first-order valence-electron chi connectivity index (χ1n) is 15.9. The third-order valence-corrected chi connectivity index (χ3v) is 8.72. The second-order valence-corrected chi connectivity index (χ2v) is 12.5. The van der Waals surface area contributed by atoms with Gasteiger partial charge in [-0.05, 0) is 88.2 Å². The number of fused-ring (bicyclic) bond motifs is 1. The largest absolute Gasteiger partial charge is 0.507 e. The molecule has 7 aromatic rings. The molecular weight excluding hydrogens is 562 g/mol. The quantitative estimate of drug-likeness (QED) is 0.198. The monoisotopic (exact) mass is 599 g/mol. The summed E-state index contributed by atoms with van der Waals surface area (Å²) in [6.07, 6.45) is 1.91. The third kappa shape index (κ3) is 5.48. The standard InChI is InChI=1S/C42H37N3O/c1-27(2)32-23-33(28(3)4)25-34(24-32)29-20-21-43-38(26-29)31-13-10-12-30(22-31)36-17-11-18-39-41(36)44-42(37-16-8-9-19-40(37)46)45(39)35-14-6-5-7-15-35/h5-28,46H,1-4H3.